The number of halogens is 1. The number of ether oxygens (including phenoxy) is 1. The van der Waals surface area contributed by atoms with Gasteiger partial charge in [-0.05, 0) is 66.0 Å². The maximum atomic E-state index is 13.5. The van der Waals surface area contributed by atoms with Crippen LogP contribution in [0.25, 0.3) is 0 Å². The molecule has 3 atom stereocenters. The molecule has 190 valence electrons. The van der Waals surface area contributed by atoms with Gasteiger partial charge in [-0.3, -0.25) is 4.79 Å². The zero-order chi connectivity index (χ0) is 25.8. The van der Waals surface area contributed by atoms with Crippen LogP contribution in [0, 0.1) is 17.3 Å². The fourth-order valence-electron chi connectivity index (χ4n) is 5.05. The average molecular weight is 501 g/mol. The number of carbonyl (C=O) groups is 2. The number of nitrogens with one attached hydrogen (secondary N) is 2. The monoisotopic (exact) mass is 500 g/mol. The lowest BCUT2D eigenvalue weighted by molar-refractivity contribution is -0.142. The highest BCUT2D eigenvalue weighted by atomic mass is 35.5. The van der Waals surface area contributed by atoms with Gasteiger partial charge in [-0.15, -0.1) is 0 Å². The Morgan fingerprint density at radius 1 is 1.11 bits per heavy atom. The molecule has 0 aliphatic heterocycles. The van der Waals surface area contributed by atoms with Crippen molar-refractivity contribution in [3.63, 3.8) is 0 Å². The van der Waals surface area contributed by atoms with Crippen LogP contribution in [0.4, 0.5) is 4.79 Å². The minimum atomic E-state index is -1.05. The molecule has 1 fully saturated rings. The second-order valence-electron chi connectivity index (χ2n) is 10.5. The molecule has 0 radical (unpaired) electrons. The van der Waals surface area contributed by atoms with Gasteiger partial charge in [-0.2, -0.15) is 0 Å². The first-order chi connectivity index (χ1) is 16.5. The van der Waals surface area contributed by atoms with E-state index >= 15 is 0 Å². The Hall–Kier alpha value is -2.57. The predicted octanol–water partition coefficient (Wildman–Crippen LogP) is 5.46. The van der Waals surface area contributed by atoms with E-state index in [-0.39, 0.29) is 23.7 Å². The minimum absolute atomic E-state index is 0.0193. The number of aliphatic hydroxyl groups is 1. The molecule has 0 aromatic heterocycles. The predicted molar refractivity (Wildman–Crippen MR) is 138 cm³/mol. The van der Waals surface area contributed by atoms with Crippen molar-refractivity contribution >= 4 is 23.4 Å². The topological polar surface area (TPSA) is 87.7 Å². The molecular weight excluding hydrogens is 464 g/mol. The van der Waals surface area contributed by atoms with Gasteiger partial charge in [-0.1, -0.05) is 63.6 Å². The molecule has 3 N–H and O–H groups in total. The maximum Gasteiger partial charge on any atom is 0.315 e. The standard InChI is InChI=1S/C28H37ClN2O4/c1-18(2)24(31-26(33)30-17-19-6-12-23(35-5)13-7-19)25(32)20-14-15-28(34,27(3,4)16-20)21-8-10-22(29)11-9-21/h6-13,18,20,24,34H,14-17H2,1-5H3,(H2,30,31,33)/t20?,24-,28?/m1/s1. The number of carbonyl (C=O) groups excluding carboxylic acids is 2. The Bertz CT molecular complexity index is 1020. The van der Waals surface area contributed by atoms with Gasteiger partial charge in [0.1, 0.15) is 5.75 Å². The van der Waals surface area contributed by atoms with Gasteiger partial charge in [0, 0.05) is 17.5 Å². The Morgan fingerprint density at radius 2 is 1.74 bits per heavy atom. The van der Waals surface area contributed by atoms with Crippen LogP contribution in [-0.2, 0) is 16.9 Å². The molecule has 1 aliphatic carbocycles. The number of amides is 2. The number of hydrogen-bond acceptors (Lipinski definition) is 4. The first-order valence-electron chi connectivity index (χ1n) is 12.2. The van der Waals surface area contributed by atoms with E-state index in [0.717, 1.165) is 16.9 Å². The molecule has 1 aliphatic rings. The number of ketones is 1. The van der Waals surface area contributed by atoms with Crippen LogP contribution in [0.3, 0.4) is 0 Å². The quantitative estimate of drug-likeness (QED) is 0.449. The number of hydrogen-bond donors (Lipinski definition) is 3. The molecule has 0 heterocycles. The Morgan fingerprint density at radius 3 is 2.29 bits per heavy atom. The van der Waals surface area contributed by atoms with Crippen LogP contribution in [0.15, 0.2) is 48.5 Å². The Balaban J connectivity index is 1.64. The molecule has 3 rings (SSSR count). The van der Waals surface area contributed by atoms with Crippen molar-refractivity contribution in [3.8, 4) is 5.75 Å². The second kappa shape index (κ2) is 11.0. The molecule has 0 saturated heterocycles. The lowest BCUT2D eigenvalue weighted by atomic mass is 9.58. The lowest BCUT2D eigenvalue weighted by Gasteiger charge is -2.49. The van der Waals surface area contributed by atoms with Gasteiger partial charge in [0.25, 0.3) is 0 Å². The molecule has 1 saturated carbocycles. The highest BCUT2D eigenvalue weighted by Crippen LogP contribution is 2.52. The van der Waals surface area contributed by atoms with Gasteiger partial charge in [0.15, 0.2) is 5.78 Å². The van der Waals surface area contributed by atoms with Crippen molar-refractivity contribution in [2.75, 3.05) is 7.11 Å². The normalized spacial score (nSPS) is 22.3. The molecule has 0 bridgehead atoms. The highest BCUT2D eigenvalue weighted by Gasteiger charge is 2.51. The van der Waals surface area contributed by atoms with E-state index < -0.39 is 17.1 Å². The molecule has 6 nitrogen and oxygen atoms in total. The number of rotatable bonds is 8. The third-order valence-electron chi connectivity index (χ3n) is 7.33. The molecule has 35 heavy (non-hydrogen) atoms. The van der Waals surface area contributed by atoms with E-state index in [1.54, 1.807) is 19.2 Å². The summed E-state index contributed by atoms with van der Waals surface area (Å²) >= 11 is 6.04. The SMILES string of the molecule is COc1ccc(CNC(=O)N[C@@H](C(=O)C2CCC(O)(c3ccc(Cl)cc3)C(C)(C)C2)C(C)C)cc1. The first-order valence-corrected chi connectivity index (χ1v) is 12.5. The van der Waals surface area contributed by atoms with Crippen molar-refractivity contribution in [1.29, 1.82) is 0 Å². The van der Waals surface area contributed by atoms with E-state index in [1.165, 1.54) is 0 Å². The summed E-state index contributed by atoms with van der Waals surface area (Å²) in [5.74, 6) is 0.467. The molecule has 2 unspecified atom stereocenters. The smallest absolute Gasteiger partial charge is 0.315 e. The Kier molecular flexibility index (Phi) is 8.50. The van der Waals surface area contributed by atoms with E-state index in [9.17, 15) is 14.7 Å². The van der Waals surface area contributed by atoms with E-state index in [2.05, 4.69) is 10.6 Å². The van der Waals surface area contributed by atoms with E-state index in [0.29, 0.717) is 30.8 Å². The van der Waals surface area contributed by atoms with Crippen LogP contribution < -0.4 is 15.4 Å². The zero-order valence-corrected chi connectivity index (χ0v) is 22.0. The highest BCUT2D eigenvalue weighted by molar-refractivity contribution is 6.30. The maximum absolute atomic E-state index is 13.5. The zero-order valence-electron chi connectivity index (χ0n) is 21.2. The molecule has 0 spiro atoms. The summed E-state index contributed by atoms with van der Waals surface area (Å²) in [4.78, 5) is 26.2. The Labute approximate surface area is 213 Å². The van der Waals surface area contributed by atoms with Crippen LogP contribution >= 0.6 is 11.6 Å². The fraction of sp³-hybridized carbons (Fsp3) is 0.500. The van der Waals surface area contributed by atoms with Gasteiger partial charge in [-0.25, -0.2) is 4.79 Å². The minimum Gasteiger partial charge on any atom is -0.497 e. The van der Waals surface area contributed by atoms with Crippen molar-refractivity contribution in [3.05, 3.63) is 64.7 Å². The summed E-state index contributed by atoms with van der Waals surface area (Å²) in [6, 6.07) is 13.8. The second-order valence-corrected chi connectivity index (χ2v) is 10.9. The van der Waals surface area contributed by atoms with Crippen LogP contribution in [-0.4, -0.2) is 30.1 Å². The van der Waals surface area contributed by atoms with Crippen molar-refractivity contribution < 1.29 is 19.4 Å². The number of methoxy groups -OCH3 is 1. The summed E-state index contributed by atoms with van der Waals surface area (Å²) in [7, 11) is 1.61. The van der Waals surface area contributed by atoms with Crippen LogP contribution in [0.1, 0.15) is 58.1 Å². The summed E-state index contributed by atoms with van der Waals surface area (Å²) in [5, 5.41) is 18.0. The summed E-state index contributed by atoms with van der Waals surface area (Å²) < 4.78 is 5.16. The van der Waals surface area contributed by atoms with Crippen molar-refractivity contribution in [2.45, 2.75) is 65.1 Å². The van der Waals surface area contributed by atoms with Gasteiger partial charge < -0.3 is 20.5 Å². The van der Waals surface area contributed by atoms with Crippen LogP contribution in [0.2, 0.25) is 5.02 Å². The fourth-order valence-corrected chi connectivity index (χ4v) is 5.18. The summed E-state index contributed by atoms with van der Waals surface area (Å²) in [6.07, 6.45) is 1.55. The van der Waals surface area contributed by atoms with E-state index in [1.807, 2.05) is 64.1 Å². The van der Waals surface area contributed by atoms with Gasteiger partial charge in [0.2, 0.25) is 0 Å². The molecule has 2 amide bonds. The van der Waals surface area contributed by atoms with Crippen molar-refractivity contribution in [2.24, 2.45) is 17.3 Å². The number of Topliss-reactive ketones (excluding diaryl/α,β-unsaturated/α-hetero) is 1. The molecule has 7 heteroatoms. The van der Waals surface area contributed by atoms with Crippen LogP contribution in [0.5, 0.6) is 5.75 Å². The molecular formula is C28H37ClN2O4. The first kappa shape index (κ1) is 27.0. The van der Waals surface area contributed by atoms with Gasteiger partial charge in [0.05, 0.1) is 18.8 Å². The summed E-state index contributed by atoms with van der Waals surface area (Å²) in [6.45, 7) is 8.22. The number of urea groups is 1. The number of benzene rings is 2. The lowest BCUT2D eigenvalue weighted by Crippen LogP contribution is -2.53. The van der Waals surface area contributed by atoms with E-state index in [4.69, 9.17) is 16.3 Å². The van der Waals surface area contributed by atoms with Gasteiger partial charge >= 0.3 is 6.03 Å². The van der Waals surface area contributed by atoms with Crippen molar-refractivity contribution in [1.82, 2.24) is 10.6 Å². The summed E-state index contributed by atoms with van der Waals surface area (Å²) in [5.41, 5.74) is 0.167. The third kappa shape index (κ3) is 6.17. The molecule has 2 aromatic rings. The largest absolute Gasteiger partial charge is 0.497 e. The third-order valence-corrected chi connectivity index (χ3v) is 7.58. The average Bonchev–Trinajstić information content (AvgIpc) is 2.83. The molecule has 2 aromatic carbocycles.